The Morgan fingerprint density at radius 1 is 1.25 bits per heavy atom. The standard InChI is InChI=1S/C14H10BrClN2OS/c1-7-9(15)4-3-8-11(7)17-14(18-13(8)16)12-10(19-2)5-6-20-12/h3-6H,1-2H3. The van der Waals surface area contributed by atoms with Crippen LogP contribution in [0.5, 0.6) is 5.75 Å². The molecule has 0 unspecified atom stereocenters. The van der Waals surface area contributed by atoms with Crippen LogP contribution in [0.25, 0.3) is 21.6 Å². The molecule has 0 aliphatic carbocycles. The van der Waals surface area contributed by atoms with Gasteiger partial charge in [0.05, 0.1) is 12.6 Å². The number of hydrogen-bond donors (Lipinski definition) is 0. The van der Waals surface area contributed by atoms with Gasteiger partial charge in [0.2, 0.25) is 0 Å². The lowest BCUT2D eigenvalue weighted by Crippen LogP contribution is -1.94. The fraction of sp³-hybridized carbons (Fsp3) is 0.143. The Hall–Kier alpha value is -1.17. The Labute approximate surface area is 133 Å². The quantitative estimate of drug-likeness (QED) is 0.590. The van der Waals surface area contributed by atoms with E-state index in [4.69, 9.17) is 16.3 Å². The van der Waals surface area contributed by atoms with E-state index in [0.29, 0.717) is 11.0 Å². The SMILES string of the molecule is COc1ccsc1-c1nc(Cl)c2ccc(Br)c(C)c2n1. The first-order valence-corrected chi connectivity index (χ1v) is 7.91. The number of hydrogen-bond acceptors (Lipinski definition) is 4. The van der Waals surface area contributed by atoms with E-state index in [9.17, 15) is 0 Å². The molecule has 0 saturated carbocycles. The molecule has 0 radical (unpaired) electrons. The zero-order valence-corrected chi connectivity index (χ0v) is 13.9. The van der Waals surface area contributed by atoms with Crippen molar-refractivity contribution >= 4 is 49.8 Å². The number of aromatic nitrogens is 2. The number of fused-ring (bicyclic) bond motifs is 1. The third kappa shape index (κ3) is 2.20. The van der Waals surface area contributed by atoms with Crippen LogP contribution in [0.4, 0.5) is 0 Å². The first kappa shape index (κ1) is 13.8. The lowest BCUT2D eigenvalue weighted by Gasteiger charge is -2.08. The lowest BCUT2D eigenvalue weighted by atomic mass is 10.1. The second-order valence-corrected chi connectivity index (χ2v) is 6.35. The van der Waals surface area contributed by atoms with E-state index in [1.54, 1.807) is 7.11 Å². The van der Waals surface area contributed by atoms with Crippen molar-refractivity contribution in [3.05, 3.63) is 38.8 Å². The number of rotatable bonds is 2. The Kier molecular flexibility index (Phi) is 3.67. The number of aryl methyl sites for hydroxylation is 1. The minimum atomic E-state index is 0.455. The molecule has 0 saturated heterocycles. The second kappa shape index (κ2) is 5.31. The van der Waals surface area contributed by atoms with E-state index in [1.165, 1.54) is 11.3 Å². The molecule has 1 aromatic carbocycles. The number of ether oxygens (including phenoxy) is 1. The molecule has 102 valence electrons. The fourth-order valence-corrected chi connectivity index (χ4v) is 3.34. The van der Waals surface area contributed by atoms with Crippen LogP contribution < -0.4 is 4.74 Å². The Bertz CT molecular complexity index is 803. The largest absolute Gasteiger partial charge is 0.495 e. The first-order chi connectivity index (χ1) is 9.61. The summed E-state index contributed by atoms with van der Waals surface area (Å²) in [5.41, 5.74) is 1.90. The van der Waals surface area contributed by atoms with Gasteiger partial charge in [-0.15, -0.1) is 11.3 Å². The maximum absolute atomic E-state index is 6.30. The van der Waals surface area contributed by atoms with Gasteiger partial charge >= 0.3 is 0 Å². The molecule has 2 heterocycles. The highest BCUT2D eigenvalue weighted by molar-refractivity contribution is 9.10. The van der Waals surface area contributed by atoms with Crippen molar-refractivity contribution in [2.75, 3.05) is 7.11 Å². The molecule has 0 aliphatic rings. The molecule has 0 fully saturated rings. The molecule has 20 heavy (non-hydrogen) atoms. The van der Waals surface area contributed by atoms with Crippen LogP contribution >= 0.6 is 38.9 Å². The summed E-state index contributed by atoms with van der Waals surface area (Å²) < 4.78 is 6.33. The molecule has 0 atom stereocenters. The molecular formula is C14H10BrClN2OS. The van der Waals surface area contributed by atoms with Gasteiger partial charge in [-0.25, -0.2) is 9.97 Å². The van der Waals surface area contributed by atoms with Crippen LogP contribution in [0.15, 0.2) is 28.1 Å². The molecule has 0 N–H and O–H groups in total. The van der Waals surface area contributed by atoms with Crippen molar-refractivity contribution in [1.82, 2.24) is 9.97 Å². The highest BCUT2D eigenvalue weighted by Crippen LogP contribution is 2.36. The molecule has 2 aromatic heterocycles. The Morgan fingerprint density at radius 3 is 2.80 bits per heavy atom. The zero-order valence-electron chi connectivity index (χ0n) is 10.8. The summed E-state index contributed by atoms with van der Waals surface area (Å²) in [5.74, 6) is 1.36. The van der Waals surface area contributed by atoms with Crippen LogP contribution in [0, 0.1) is 6.92 Å². The van der Waals surface area contributed by atoms with E-state index >= 15 is 0 Å². The van der Waals surface area contributed by atoms with Crippen molar-refractivity contribution < 1.29 is 4.74 Å². The molecule has 0 aliphatic heterocycles. The number of methoxy groups -OCH3 is 1. The van der Waals surface area contributed by atoms with Crippen LogP contribution in [-0.4, -0.2) is 17.1 Å². The topological polar surface area (TPSA) is 35.0 Å². The molecule has 6 heteroatoms. The van der Waals surface area contributed by atoms with Crippen LogP contribution in [0.1, 0.15) is 5.56 Å². The number of thiophene rings is 1. The second-order valence-electron chi connectivity index (χ2n) is 4.22. The summed E-state index contributed by atoms with van der Waals surface area (Å²) in [6.07, 6.45) is 0. The van der Waals surface area contributed by atoms with Crippen LogP contribution in [0.3, 0.4) is 0 Å². The van der Waals surface area contributed by atoms with Gasteiger partial charge in [0, 0.05) is 9.86 Å². The van der Waals surface area contributed by atoms with Crippen molar-refractivity contribution in [3.63, 3.8) is 0 Å². The maximum atomic E-state index is 6.30. The maximum Gasteiger partial charge on any atom is 0.175 e. The van der Waals surface area contributed by atoms with Gasteiger partial charge in [0.15, 0.2) is 5.82 Å². The van der Waals surface area contributed by atoms with Crippen molar-refractivity contribution in [3.8, 4) is 16.5 Å². The molecule has 0 bridgehead atoms. The summed E-state index contributed by atoms with van der Waals surface area (Å²) >= 11 is 11.3. The first-order valence-electron chi connectivity index (χ1n) is 5.86. The molecule has 0 amide bonds. The van der Waals surface area contributed by atoms with E-state index in [1.807, 2.05) is 30.5 Å². The van der Waals surface area contributed by atoms with Gasteiger partial charge in [0.25, 0.3) is 0 Å². The van der Waals surface area contributed by atoms with Crippen LogP contribution in [-0.2, 0) is 0 Å². The van der Waals surface area contributed by atoms with E-state index < -0.39 is 0 Å². The summed E-state index contributed by atoms with van der Waals surface area (Å²) in [7, 11) is 1.63. The number of halogens is 2. The van der Waals surface area contributed by atoms with Gasteiger partial charge in [-0.1, -0.05) is 27.5 Å². The predicted octanol–water partition coefficient (Wildman–Crippen LogP) is 5.09. The minimum absolute atomic E-state index is 0.455. The van der Waals surface area contributed by atoms with Crippen LogP contribution in [0.2, 0.25) is 5.15 Å². The monoisotopic (exact) mass is 368 g/mol. The zero-order chi connectivity index (χ0) is 14.3. The van der Waals surface area contributed by atoms with Crippen molar-refractivity contribution in [1.29, 1.82) is 0 Å². The normalized spacial score (nSPS) is 11.0. The number of nitrogens with zero attached hydrogens (tertiary/aromatic N) is 2. The van der Waals surface area contributed by atoms with Crippen molar-refractivity contribution in [2.45, 2.75) is 6.92 Å². The highest BCUT2D eigenvalue weighted by Gasteiger charge is 2.15. The van der Waals surface area contributed by atoms with Gasteiger partial charge in [-0.05, 0) is 36.1 Å². The van der Waals surface area contributed by atoms with E-state index in [0.717, 1.165) is 31.6 Å². The van der Waals surface area contributed by atoms with Gasteiger partial charge < -0.3 is 4.74 Å². The summed E-state index contributed by atoms with van der Waals surface area (Å²) in [6, 6.07) is 5.78. The lowest BCUT2D eigenvalue weighted by molar-refractivity contribution is 0.418. The average Bonchev–Trinajstić information content (AvgIpc) is 2.91. The molecule has 3 rings (SSSR count). The molecule has 3 aromatic rings. The molecule has 0 spiro atoms. The van der Waals surface area contributed by atoms with Crippen molar-refractivity contribution in [2.24, 2.45) is 0 Å². The third-order valence-corrected chi connectivity index (χ3v) is 5.10. The predicted molar refractivity (Wildman–Crippen MR) is 86.9 cm³/mol. The minimum Gasteiger partial charge on any atom is -0.495 e. The third-order valence-electron chi connectivity index (χ3n) is 3.06. The fourth-order valence-electron chi connectivity index (χ4n) is 1.99. The molecular weight excluding hydrogens is 360 g/mol. The smallest absolute Gasteiger partial charge is 0.175 e. The number of benzene rings is 1. The summed E-state index contributed by atoms with van der Waals surface area (Å²) in [4.78, 5) is 9.93. The Balaban J connectivity index is 2.31. The Morgan fingerprint density at radius 2 is 2.05 bits per heavy atom. The summed E-state index contributed by atoms with van der Waals surface area (Å²) in [6.45, 7) is 2.01. The highest BCUT2D eigenvalue weighted by atomic mass is 79.9. The average molecular weight is 370 g/mol. The molecule has 3 nitrogen and oxygen atoms in total. The van der Waals surface area contributed by atoms with E-state index in [2.05, 4.69) is 25.9 Å². The summed E-state index contributed by atoms with van der Waals surface area (Å²) in [5, 5.41) is 3.26. The van der Waals surface area contributed by atoms with Gasteiger partial charge in [-0.2, -0.15) is 0 Å². The van der Waals surface area contributed by atoms with Gasteiger partial charge in [0.1, 0.15) is 15.8 Å². The van der Waals surface area contributed by atoms with Gasteiger partial charge in [-0.3, -0.25) is 0 Å². The van der Waals surface area contributed by atoms with E-state index in [-0.39, 0.29) is 0 Å².